The van der Waals surface area contributed by atoms with Gasteiger partial charge in [0.2, 0.25) is 5.91 Å². The van der Waals surface area contributed by atoms with Gasteiger partial charge < -0.3 is 19.4 Å². The molecule has 1 atom stereocenters. The van der Waals surface area contributed by atoms with Crippen LogP contribution in [0.15, 0.2) is 42.7 Å². The van der Waals surface area contributed by atoms with Gasteiger partial charge in [-0.05, 0) is 36.6 Å². The zero-order valence-electron chi connectivity index (χ0n) is 19.3. The van der Waals surface area contributed by atoms with E-state index in [-0.39, 0.29) is 29.2 Å². The van der Waals surface area contributed by atoms with Gasteiger partial charge in [0, 0.05) is 76.8 Å². The van der Waals surface area contributed by atoms with E-state index in [0.717, 1.165) is 18.4 Å². The summed E-state index contributed by atoms with van der Waals surface area (Å²) in [6.07, 6.45) is 5.17. The normalized spacial score (nSPS) is 18.1. The smallest absolute Gasteiger partial charge is 0.293 e. The van der Waals surface area contributed by atoms with Crippen LogP contribution < -0.4 is 4.90 Å². The largest absolute Gasteiger partial charge is 0.376 e. The molecule has 0 saturated carbocycles. The second-order valence-corrected chi connectivity index (χ2v) is 8.64. The number of anilines is 1. The minimum atomic E-state index is -0.449. The molecule has 34 heavy (non-hydrogen) atoms. The van der Waals surface area contributed by atoms with Gasteiger partial charge in [0.25, 0.3) is 11.6 Å². The number of aromatic nitrogens is 1. The number of nitro groups is 1. The Labute approximate surface area is 198 Å². The molecule has 0 bridgehead atoms. The zero-order chi connectivity index (χ0) is 24.1. The number of benzene rings is 1. The Morgan fingerprint density at radius 2 is 2.03 bits per heavy atom. The molecule has 4 rings (SSSR count). The van der Waals surface area contributed by atoms with Gasteiger partial charge in [0.05, 0.1) is 11.0 Å². The summed E-state index contributed by atoms with van der Waals surface area (Å²) < 4.78 is 5.74. The number of carbonyl (C=O) groups is 2. The lowest BCUT2D eigenvalue weighted by molar-refractivity contribution is -0.384. The van der Waals surface area contributed by atoms with Crippen molar-refractivity contribution in [1.82, 2.24) is 14.8 Å². The van der Waals surface area contributed by atoms with Crippen LogP contribution in [0.25, 0.3) is 0 Å². The molecule has 10 nitrogen and oxygen atoms in total. The fraction of sp³-hybridized carbons (Fsp3) is 0.458. The number of hydrogen-bond acceptors (Lipinski definition) is 7. The van der Waals surface area contributed by atoms with E-state index in [0.29, 0.717) is 51.6 Å². The first-order valence-electron chi connectivity index (χ1n) is 11.5. The number of nitrogens with zero attached hydrogens (tertiary/aromatic N) is 5. The number of carbonyl (C=O) groups excluding carboxylic acids is 2. The lowest BCUT2D eigenvalue weighted by atomic mass is 10.1. The van der Waals surface area contributed by atoms with Gasteiger partial charge in [-0.3, -0.25) is 24.7 Å². The topological polar surface area (TPSA) is 109 Å². The van der Waals surface area contributed by atoms with Crippen molar-refractivity contribution < 1.29 is 19.2 Å². The van der Waals surface area contributed by atoms with Crippen LogP contribution in [0.1, 0.15) is 35.7 Å². The van der Waals surface area contributed by atoms with Crippen LogP contribution in [0.3, 0.4) is 0 Å². The van der Waals surface area contributed by atoms with Gasteiger partial charge in [-0.15, -0.1) is 0 Å². The maximum Gasteiger partial charge on any atom is 0.293 e. The predicted molar refractivity (Wildman–Crippen MR) is 126 cm³/mol. The van der Waals surface area contributed by atoms with Crippen LogP contribution in [0.4, 0.5) is 11.4 Å². The van der Waals surface area contributed by atoms with Crippen LogP contribution in [0.5, 0.6) is 0 Å². The first kappa shape index (κ1) is 23.6. The third-order valence-electron chi connectivity index (χ3n) is 6.32. The molecule has 0 radical (unpaired) electrons. The highest BCUT2D eigenvalue weighted by Crippen LogP contribution is 2.31. The van der Waals surface area contributed by atoms with Crippen molar-refractivity contribution in [2.75, 3.05) is 44.2 Å². The summed E-state index contributed by atoms with van der Waals surface area (Å²) in [6, 6.07) is 8.36. The average molecular weight is 468 g/mol. The fourth-order valence-corrected chi connectivity index (χ4v) is 4.48. The Bertz CT molecular complexity index is 1030. The van der Waals surface area contributed by atoms with Crippen molar-refractivity contribution in [1.29, 1.82) is 0 Å². The molecule has 2 amide bonds. The number of nitro benzene ring substituents is 1. The van der Waals surface area contributed by atoms with Crippen molar-refractivity contribution >= 4 is 23.2 Å². The molecule has 1 aromatic carbocycles. The van der Waals surface area contributed by atoms with Crippen molar-refractivity contribution in [2.24, 2.45) is 0 Å². The number of ether oxygens (including phenoxy) is 1. The van der Waals surface area contributed by atoms with E-state index >= 15 is 0 Å². The Balaban J connectivity index is 1.56. The third-order valence-corrected chi connectivity index (χ3v) is 6.32. The highest BCUT2D eigenvalue weighted by atomic mass is 16.6. The van der Waals surface area contributed by atoms with E-state index in [9.17, 15) is 19.7 Å². The van der Waals surface area contributed by atoms with E-state index in [1.165, 1.54) is 13.0 Å². The Kier molecular flexibility index (Phi) is 7.36. The number of amides is 2. The van der Waals surface area contributed by atoms with Gasteiger partial charge in [-0.2, -0.15) is 0 Å². The second kappa shape index (κ2) is 10.6. The predicted octanol–water partition coefficient (Wildman–Crippen LogP) is 2.48. The SMILES string of the molecule is CC(=O)N1CCN(c2ccc(C(=O)N(Cc3cccnc3)CC3CCCO3)cc2[N+](=O)[O-])CC1. The minimum Gasteiger partial charge on any atom is -0.376 e. The molecular weight excluding hydrogens is 438 g/mol. The fourth-order valence-electron chi connectivity index (χ4n) is 4.48. The molecule has 10 heteroatoms. The molecule has 1 aromatic heterocycles. The summed E-state index contributed by atoms with van der Waals surface area (Å²) in [5, 5.41) is 11.9. The molecule has 2 aliphatic heterocycles. The van der Waals surface area contributed by atoms with Crippen LogP contribution in [-0.4, -0.2) is 77.0 Å². The van der Waals surface area contributed by atoms with Crippen molar-refractivity contribution in [3.8, 4) is 0 Å². The summed E-state index contributed by atoms with van der Waals surface area (Å²) in [6.45, 7) is 4.97. The number of rotatable bonds is 7. The van der Waals surface area contributed by atoms with E-state index in [2.05, 4.69) is 4.98 Å². The van der Waals surface area contributed by atoms with E-state index in [1.54, 1.807) is 34.3 Å². The molecule has 2 fully saturated rings. The molecule has 0 aliphatic carbocycles. The minimum absolute atomic E-state index is 0.00459. The summed E-state index contributed by atoms with van der Waals surface area (Å²) >= 11 is 0. The molecular formula is C24H29N5O5. The number of piperazine rings is 1. The summed E-state index contributed by atoms with van der Waals surface area (Å²) in [5.74, 6) is -0.287. The van der Waals surface area contributed by atoms with E-state index < -0.39 is 4.92 Å². The van der Waals surface area contributed by atoms with Gasteiger partial charge in [-0.1, -0.05) is 6.07 Å². The molecule has 0 N–H and O–H groups in total. The average Bonchev–Trinajstić information content (AvgIpc) is 3.36. The van der Waals surface area contributed by atoms with Gasteiger partial charge >= 0.3 is 0 Å². The van der Waals surface area contributed by atoms with Gasteiger partial charge in [-0.25, -0.2) is 0 Å². The highest BCUT2D eigenvalue weighted by Gasteiger charge is 2.28. The Morgan fingerprint density at radius 1 is 1.24 bits per heavy atom. The number of pyridine rings is 1. The van der Waals surface area contributed by atoms with Crippen molar-refractivity contribution in [3.63, 3.8) is 0 Å². The Morgan fingerprint density at radius 3 is 2.65 bits per heavy atom. The first-order valence-corrected chi connectivity index (χ1v) is 11.5. The van der Waals surface area contributed by atoms with E-state index in [1.807, 2.05) is 17.0 Å². The van der Waals surface area contributed by atoms with Crippen LogP contribution in [-0.2, 0) is 16.1 Å². The summed E-state index contributed by atoms with van der Waals surface area (Å²) in [5.41, 5.74) is 1.49. The van der Waals surface area contributed by atoms with E-state index in [4.69, 9.17) is 4.74 Å². The molecule has 3 heterocycles. The quantitative estimate of drug-likeness (QED) is 0.455. The van der Waals surface area contributed by atoms with Gasteiger partial charge in [0.15, 0.2) is 0 Å². The first-order chi connectivity index (χ1) is 16.4. The van der Waals surface area contributed by atoms with Crippen LogP contribution >= 0.6 is 0 Å². The van der Waals surface area contributed by atoms with Crippen molar-refractivity contribution in [3.05, 3.63) is 64.0 Å². The lowest BCUT2D eigenvalue weighted by Gasteiger charge is -2.35. The number of hydrogen-bond donors (Lipinski definition) is 0. The maximum atomic E-state index is 13.5. The van der Waals surface area contributed by atoms with Gasteiger partial charge in [0.1, 0.15) is 5.69 Å². The van der Waals surface area contributed by atoms with Crippen LogP contribution in [0, 0.1) is 10.1 Å². The molecule has 2 aromatic rings. The third kappa shape index (κ3) is 5.51. The molecule has 0 spiro atoms. The molecule has 1 unspecified atom stereocenters. The molecule has 2 aliphatic rings. The van der Waals surface area contributed by atoms with Crippen LogP contribution in [0.2, 0.25) is 0 Å². The van der Waals surface area contributed by atoms with Crippen molar-refractivity contribution in [2.45, 2.75) is 32.4 Å². The lowest BCUT2D eigenvalue weighted by Crippen LogP contribution is -2.48. The standard InChI is InChI=1S/C24H29N5O5/c1-18(30)26-9-11-27(12-10-26)22-7-6-20(14-23(22)29(32)33)24(31)28(17-21-5-3-13-34-21)16-19-4-2-8-25-15-19/h2,4,6-8,14-15,21H,3,5,9-13,16-17H2,1H3. The summed E-state index contributed by atoms with van der Waals surface area (Å²) in [4.78, 5) is 46.0. The Hall–Kier alpha value is -3.53. The second-order valence-electron chi connectivity index (χ2n) is 8.64. The summed E-state index contributed by atoms with van der Waals surface area (Å²) in [7, 11) is 0. The molecule has 180 valence electrons. The molecule has 2 saturated heterocycles. The zero-order valence-corrected chi connectivity index (χ0v) is 19.3. The maximum absolute atomic E-state index is 13.5. The monoisotopic (exact) mass is 467 g/mol. The highest BCUT2D eigenvalue weighted by molar-refractivity contribution is 5.96.